The van der Waals surface area contributed by atoms with E-state index >= 15 is 0 Å². The average Bonchev–Trinajstić information content (AvgIpc) is 2.66. The number of rotatable bonds is 3. The molecule has 0 unspecified atom stereocenters. The number of carbonyl (C=O) groups is 1. The van der Waals surface area contributed by atoms with E-state index in [4.69, 9.17) is 17.3 Å². The van der Waals surface area contributed by atoms with Gasteiger partial charge in [0.15, 0.2) is 0 Å². The number of carbonyl (C=O) groups excluding carboxylic acids is 1. The number of fused-ring (bicyclic) bond motifs is 1. The molecule has 4 nitrogen and oxygen atoms in total. The lowest BCUT2D eigenvalue weighted by Crippen LogP contribution is -2.10. The van der Waals surface area contributed by atoms with Gasteiger partial charge in [0.2, 0.25) is 0 Å². The number of nitrogens with zero attached hydrogens (tertiary/aromatic N) is 1. The summed E-state index contributed by atoms with van der Waals surface area (Å²) in [5, 5.41) is 1.64. The monoisotopic (exact) mass is 252 g/mol. The molecule has 0 fully saturated rings. The summed E-state index contributed by atoms with van der Waals surface area (Å²) in [4.78, 5) is 11.3. The number of hydrogen-bond acceptors (Lipinski definition) is 3. The molecular weight excluding hydrogens is 240 g/mol. The Labute approximate surface area is 104 Å². The predicted octanol–water partition coefficient (Wildman–Crippen LogP) is 1.93. The Morgan fingerprint density at radius 1 is 1.53 bits per heavy atom. The number of methoxy groups -OCH3 is 1. The minimum absolute atomic E-state index is 0.160. The van der Waals surface area contributed by atoms with E-state index in [1.54, 1.807) is 4.57 Å². The predicted molar refractivity (Wildman–Crippen MR) is 66.9 cm³/mol. The van der Waals surface area contributed by atoms with E-state index < -0.39 is 0 Å². The number of halogens is 1. The van der Waals surface area contributed by atoms with E-state index in [1.165, 1.54) is 7.11 Å². The van der Waals surface area contributed by atoms with Crippen LogP contribution >= 0.6 is 11.6 Å². The second-order valence-corrected chi connectivity index (χ2v) is 4.16. The fourth-order valence-electron chi connectivity index (χ4n) is 1.84. The first kappa shape index (κ1) is 12.0. The van der Waals surface area contributed by atoms with Gasteiger partial charge >= 0.3 is 5.97 Å². The first-order valence-electron chi connectivity index (χ1n) is 5.20. The Morgan fingerprint density at radius 2 is 2.29 bits per heavy atom. The highest BCUT2D eigenvalue weighted by Crippen LogP contribution is 2.24. The second-order valence-electron chi connectivity index (χ2n) is 3.72. The van der Waals surface area contributed by atoms with Crippen LogP contribution in [0, 0.1) is 0 Å². The van der Waals surface area contributed by atoms with E-state index in [0.717, 1.165) is 16.5 Å². The maximum Gasteiger partial charge on any atom is 0.325 e. The summed E-state index contributed by atoms with van der Waals surface area (Å²) < 4.78 is 6.45. The normalized spacial score (nSPS) is 10.8. The van der Waals surface area contributed by atoms with Gasteiger partial charge in [-0.1, -0.05) is 17.7 Å². The Hall–Kier alpha value is -1.52. The van der Waals surface area contributed by atoms with Crippen LogP contribution in [0.25, 0.3) is 10.9 Å². The number of ether oxygens (including phenoxy) is 1. The zero-order valence-electron chi connectivity index (χ0n) is 9.44. The lowest BCUT2D eigenvalue weighted by atomic mass is 10.2. The van der Waals surface area contributed by atoms with Gasteiger partial charge in [-0.25, -0.2) is 0 Å². The van der Waals surface area contributed by atoms with Crippen molar-refractivity contribution in [2.45, 2.75) is 13.1 Å². The molecule has 0 atom stereocenters. The summed E-state index contributed by atoms with van der Waals surface area (Å²) in [6.07, 6.45) is 1.86. The van der Waals surface area contributed by atoms with Crippen molar-refractivity contribution in [3.8, 4) is 0 Å². The molecule has 0 radical (unpaired) electrons. The fraction of sp³-hybridized carbons (Fsp3) is 0.250. The smallest absolute Gasteiger partial charge is 0.325 e. The molecule has 90 valence electrons. The zero-order chi connectivity index (χ0) is 12.4. The maximum absolute atomic E-state index is 11.3. The van der Waals surface area contributed by atoms with Gasteiger partial charge < -0.3 is 15.0 Å². The van der Waals surface area contributed by atoms with E-state index in [9.17, 15) is 4.79 Å². The van der Waals surface area contributed by atoms with Crippen LogP contribution in [0.2, 0.25) is 5.02 Å². The minimum Gasteiger partial charge on any atom is -0.468 e. The van der Waals surface area contributed by atoms with Crippen molar-refractivity contribution in [2.75, 3.05) is 7.11 Å². The summed E-state index contributed by atoms with van der Waals surface area (Å²) in [7, 11) is 1.37. The Morgan fingerprint density at radius 3 is 2.94 bits per heavy atom. The molecule has 5 heteroatoms. The number of esters is 1. The van der Waals surface area contributed by atoms with Crippen LogP contribution in [-0.2, 0) is 22.6 Å². The summed E-state index contributed by atoms with van der Waals surface area (Å²) in [6, 6.07) is 5.54. The van der Waals surface area contributed by atoms with Crippen molar-refractivity contribution in [1.29, 1.82) is 0 Å². The van der Waals surface area contributed by atoms with Crippen molar-refractivity contribution >= 4 is 28.5 Å². The van der Waals surface area contributed by atoms with E-state index in [1.807, 2.05) is 24.4 Å². The van der Waals surface area contributed by atoms with Gasteiger partial charge in [0.05, 0.1) is 12.6 Å². The maximum atomic E-state index is 11.3. The van der Waals surface area contributed by atoms with Gasteiger partial charge in [-0.15, -0.1) is 0 Å². The molecule has 1 heterocycles. The van der Waals surface area contributed by atoms with Crippen LogP contribution < -0.4 is 5.73 Å². The van der Waals surface area contributed by atoms with Crippen molar-refractivity contribution in [3.05, 3.63) is 35.0 Å². The lowest BCUT2D eigenvalue weighted by Gasteiger charge is -2.03. The van der Waals surface area contributed by atoms with E-state index in [2.05, 4.69) is 4.74 Å². The highest BCUT2D eigenvalue weighted by Gasteiger charge is 2.10. The first-order valence-corrected chi connectivity index (χ1v) is 5.57. The van der Waals surface area contributed by atoms with Crippen molar-refractivity contribution in [3.63, 3.8) is 0 Å². The van der Waals surface area contributed by atoms with Crippen molar-refractivity contribution in [2.24, 2.45) is 5.73 Å². The second kappa shape index (κ2) is 4.77. The van der Waals surface area contributed by atoms with Crippen LogP contribution in [0.3, 0.4) is 0 Å². The summed E-state index contributed by atoms with van der Waals surface area (Å²) >= 11 is 5.95. The Balaban J connectivity index is 2.54. The fourth-order valence-corrected chi connectivity index (χ4v) is 2.00. The van der Waals surface area contributed by atoms with Gasteiger partial charge in [-0.05, 0) is 17.7 Å². The molecule has 0 aliphatic carbocycles. The molecule has 2 rings (SSSR count). The Bertz CT molecular complexity index is 563. The molecule has 0 saturated carbocycles. The zero-order valence-corrected chi connectivity index (χ0v) is 10.2. The van der Waals surface area contributed by atoms with Gasteiger partial charge in [0.25, 0.3) is 0 Å². The number of hydrogen-bond donors (Lipinski definition) is 1. The summed E-state index contributed by atoms with van der Waals surface area (Å²) in [5.74, 6) is -0.301. The van der Waals surface area contributed by atoms with Crippen LogP contribution in [0.1, 0.15) is 5.56 Å². The third-order valence-corrected chi connectivity index (χ3v) is 2.91. The van der Waals surface area contributed by atoms with Gasteiger partial charge in [-0.2, -0.15) is 0 Å². The molecule has 17 heavy (non-hydrogen) atoms. The molecule has 1 aromatic heterocycles. The van der Waals surface area contributed by atoms with Crippen LogP contribution in [0.5, 0.6) is 0 Å². The average molecular weight is 253 g/mol. The molecule has 0 amide bonds. The molecule has 0 aliphatic rings. The van der Waals surface area contributed by atoms with Gasteiger partial charge in [0.1, 0.15) is 6.54 Å². The third-order valence-electron chi connectivity index (χ3n) is 2.67. The molecule has 0 saturated heterocycles. The molecule has 2 aromatic rings. The molecular formula is C12H13ClN2O2. The molecule has 0 bridgehead atoms. The lowest BCUT2D eigenvalue weighted by molar-refractivity contribution is -0.141. The third kappa shape index (κ3) is 2.28. The molecule has 2 N–H and O–H groups in total. The minimum atomic E-state index is -0.301. The highest BCUT2D eigenvalue weighted by molar-refractivity contribution is 6.31. The standard InChI is InChI=1S/C12H13ClN2O2/c1-17-12(16)7-15-6-8(5-14)10-3-2-9(13)4-11(10)15/h2-4,6H,5,7,14H2,1H3. The molecule has 0 spiro atoms. The van der Waals surface area contributed by atoms with Gasteiger partial charge in [-0.3, -0.25) is 4.79 Å². The van der Waals surface area contributed by atoms with Crippen LogP contribution in [-0.4, -0.2) is 17.6 Å². The van der Waals surface area contributed by atoms with Gasteiger partial charge in [0, 0.05) is 23.2 Å². The summed E-state index contributed by atoms with van der Waals surface area (Å²) in [5.41, 5.74) is 7.55. The van der Waals surface area contributed by atoms with E-state index in [0.29, 0.717) is 11.6 Å². The number of nitrogens with two attached hydrogens (primary N) is 1. The molecule has 0 aliphatic heterocycles. The van der Waals surface area contributed by atoms with Crippen LogP contribution in [0.4, 0.5) is 0 Å². The number of aromatic nitrogens is 1. The Kier molecular flexibility index (Phi) is 3.36. The van der Waals surface area contributed by atoms with Crippen molar-refractivity contribution in [1.82, 2.24) is 4.57 Å². The SMILES string of the molecule is COC(=O)Cn1cc(CN)c2ccc(Cl)cc21. The topological polar surface area (TPSA) is 57.2 Å². The van der Waals surface area contributed by atoms with Crippen molar-refractivity contribution < 1.29 is 9.53 Å². The molecule has 1 aromatic carbocycles. The number of benzene rings is 1. The largest absolute Gasteiger partial charge is 0.468 e. The van der Waals surface area contributed by atoms with E-state index in [-0.39, 0.29) is 12.5 Å². The highest BCUT2D eigenvalue weighted by atomic mass is 35.5. The first-order chi connectivity index (χ1) is 8.15. The van der Waals surface area contributed by atoms with Crippen LogP contribution in [0.15, 0.2) is 24.4 Å². The summed E-state index contributed by atoms with van der Waals surface area (Å²) in [6.45, 7) is 0.583. The quantitative estimate of drug-likeness (QED) is 0.850.